The summed E-state index contributed by atoms with van der Waals surface area (Å²) in [4.78, 5) is 10.9. The molecule has 0 fully saturated rings. The lowest BCUT2D eigenvalue weighted by atomic mass is 10.2. The van der Waals surface area contributed by atoms with Gasteiger partial charge in [0.15, 0.2) is 0 Å². The number of amides is 1. The van der Waals surface area contributed by atoms with Crippen LogP contribution < -0.4 is 11.1 Å². The summed E-state index contributed by atoms with van der Waals surface area (Å²) in [7, 11) is 0. The summed E-state index contributed by atoms with van der Waals surface area (Å²) in [6.07, 6.45) is 2.60. The van der Waals surface area contributed by atoms with Gasteiger partial charge in [-0.15, -0.1) is 0 Å². The third-order valence-corrected chi connectivity index (χ3v) is 1.42. The van der Waals surface area contributed by atoms with Gasteiger partial charge in [-0.3, -0.25) is 4.79 Å². The van der Waals surface area contributed by atoms with Crippen LogP contribution in [0.15, 0.2) is 0 Å². The fraction of sp³-hybridized carbons (Fsp3) is 0.750. The Morgan fingerprint density at radius 1 is 1.50 bits per heavy atom. The van der Waals surface area contributed by atoms with Crippen molar-refractivity contribution in [1.29, 1.82) is 5.26 Å². The van der Waals surface area contributed by atoms with E-state index in [-0.39, 0.29) is 5.91 Å². The maximum absolute atomic E-state index is 10.9. The van der Waals surface area contributed by atoms with E-state index in [1.165, 1.54) is 0 Å². The first-order chi connectivity index (χ1) is 5.81. The zero-order valence-electron chi connectivity index (χ0n) is 7.18. The second-order valence-corrected chi connectivity index (χ2v) is 2.50. The summed E-state index contributed by atoms with van der Waals surface area (Å²) >= 11 is 0. The standard InChI is InChI=1S/C8H15N3O/c9-5-2-1-4-8(12)11-7-3-6-10/h1-5,7,9H2,(H,11,12). The van der Waals surface area contributed by atoms with Crippen LogP contribution in [0.1, 0.15) is 25.7 Å². The second kappa shape index (κ2) is 8.02. The van der Waals surface area contributed by atoms with Crippen LogP contribution in [0.25, 0.3) is 0 Å². The lowest BCUT2D eigenvalue weighted by Crippen LogP contribution is -2.23. The van der Waals surface area contributed by atoms with E-state index in [1.807, 2.05) is 6.07 Å². The zero-order valence-corrected chi connectivity index (χ0v) is 7.18. The fourth-order valence-corrected chi connectivity index (χ4v) is 0.776. The van der Waals surface area contributed by atoms with Crippen molar-refractivity contribution in [2.75, 3.05) is 13.1 Å². The molecule has 3 N–H and O–H groups in total. The van der Waals surface area contributed by atoms with Gasteiger partial charge in [0.2, 0.25) is 5.91 Å². The molecule has 0 aromatic heterocycles. The molecule has 1 amide bonds. The Bertz CT molecular complexity index is 162. The van der Waals surface area contributed by atoms with Crippen molar-refractivity contribution >= 4 is 5.91 Å². The van der Waals surface area contributed by atoms with E-state index >= 15 is 0 Å². The van der Waals surface area contributed by atoms with Gasteiger partial charge in [0, 0.05) is 13.0 Å². The number of nitrogens with one attached hydrogen (secondary N) is 1. The van der Waals surface area contributed by atoms with Gasteiger partial charge in [-0.2, -0.15) is 5.26 Å². The summed E-state index contributed by atoms with van der Waals surface area (Å²) in [5, 5.41) is 10.8. The van der Waals surface area contributed by atoms with Crippen molar-refractivity contribution in [1.82, 2.24) is 5.32 Å². The van der Waals surface area contributed by atoms with E-state index in [1.54, 1.807) is 0 Å². The molecule has 0 radical (unpaired) electrons. The van der Waals surface area contributed by atoms with Crippen molar-refractivity contribution in [2.45, 2.75) is 25.7 Å². The highest BCUT2D eigenvalue weighted by molar-refractivity contribution is 5.75. The quantitative estimate of drug-likeness (QED) is 0.555. The molecule has 0 heterocycles. The van der Waals surface area contributed by atoms with Crippen LogP contribution in [0.3, 0.4) is 0 Å². The van der Waals surface area contributed by atoms with Gasteiger partial charge in [0.05, 0.1) is 12.5 Å². The van der Waals surface area contributed by atoms with Gasteiger partial charge >= 0.3 is 0 Å². The molecule has 0 saturated carbocycles. The zero-order chi connectivity index (χ0) is 9.23. The molecular weight excluding hydrogens is 154 g/mol. The number of nitrogens with two attached hydrogens (primary N) is 1. The third kappa shape index (κ3) is 7.03. The number of hydrogen-bond acceptors (Lipinski definition) is 3. The Morgan fingerprint density at radius 3 is 2.83 bits per heavy atom. The number of nitrogens with zero attached hydrogens (tertiary/aromatic N) is 1. The molecule has 12 heavy (non-hydrogen) atoms. The highest BCUT2D eigenvalue weighted by Crippen LogP contribution is 1.92. The molecule has 0 aromatic carbocycles. The Hall–Kier alpha value is -1.08. The fourth-order valence-electron chi connectivity index (χ4n) is 0.776. The summed E-state index contributed by atoms with van der Waals surface area (Å²) in [6.45, 7) is 1.09. The van der Waals surface area contributed by atoms with Crippen molar-refractivity contribution in [2.24, 2.45) is 5.73 Å². The molecule has 0 aliphatic rings. The summed E-state index contributed by atoms with van der Waals surface area (Å²) < 4.78 is 0. The van der Waals surface area contributed by atoms with Crippen LogP contribution in [0, 0.1) is 11.3 Å². The minimum Gasteiger partial charge on any atom is -0.355 e. The smallest absolute Gasteiger partial charge is 0.220 e. The average Bonchev–Trinajstić information content (AvgIpc) is 2.06. The normalized spacial score (nSPS) is 9.00. The van der Waals surface area contributed by atoms with Gasteiger partial charge in [-0.25, -0.2) is 0 Å². The summed E-state index contributed by atoms with van der Waals surface area (Å²) in [5.41, 5.74) is 5.26. The monoisotopic (exact) mass is 169 g/mol. The molecule has 0 atom stereocenters. The largest absolute Gasteiger partial charge is 0.355 e. The second-order valence-electron chi connectivity index (χ2n) is 2.50. The molecule has 68 valence electrons. The Labute approximate surface area is 72.7 Å². The van der Waals surface area contributed by atoms with Crippen molar-refractivity contribution in [3.05, 3.63) is 0 Å². The number of carbonyl (C=O) groups is 1. The molecule has 0 saturated heterocycles. The molecule has 0 bridgehead atoms. The van der Waals surface area contributed by atoms with E-state index in [2.05, 4.69) is 5.32 Å². The predicted molar refractivity (Wildman–Crippen MR) is 46.1 cm³/mol. The number of nitriles is 1. The number of unbranched alkanes of at least 4 members (excludes halogenated alkanes) is 1. The van der Waals surface area contributed by atoms with Crippen molar-refractivity contribution in [3.8, 4) is 6.07 Å². The molecule has 0 aliphatic heterocycles. The molecular formula is C8H15N3O. The van der Waals surface area contributed by atoms with Crippen LogP contribution in [0.4, 0.5) is 0 Å². The van der Waals surface area contributed by atoms with E-state index in [4.69, 9.17) is 11.0 Å². The number of rotatable bonds is 6. The molecule has 4 nitrogen and oxygen atoms in total. The number of carbonyl (C=O) groups excluding carboxylic acids is 1. The summed E-state index contributed by atoms with van der Waals surface area (Å²) in [5.74, 6) is 0.0127. The summed E-state index contributed by atoms with van der Waals surface area (Å²) in [6, 6.07) is 1.96. The highest BCUT2D eigenvalue weighted by Gasteiger charge is 1.98. The molecule has 0 aromatic rings. The molecule has 0 spiro atoms. The minimum absolute atomic E-state index is 0.0127. The Balaban J connectivity index is 3.17. The number of hydrogen-bond donors (Lipinski definition) is 2. The Morgan fingerprint density at radius 2 is 2.25 bits per heavy atom. The lowest BCUT2D eigenvalue weighted by molar-refractivity contribution is -0.121. The van der Waals surface area contributed by atoms with E-state index < -0.39 is 0 Å². The van der Waals surface area contributed by atoms with Gasteiger partial charge < -0.3 is 11.1 Å². The molecule has 0 rings (SSSR count). The predicted octanol–water partition coefficient (Wildman–Crippen LogP) is 0.145. The SMILES string of the molecule is N#CCCNC(=O)CCCCN. The first kappa shape index (κ1) is 10.9. The van der Waals surface area contributed by atoms with Crippen LogP contribution in [-0.2, 0) is 4.79 Å². The van der Waals surface area contributed by atoms with Gasteiger partial charge in [-0.1, -0.05) is 0 Å². The van der Waals surface area contributed by atoms with Crippen LogP contribution >= 0.6 is 0 Å². The topological polar surface area (TPSA) is 78.9 Å². The molecule has 4 heteroatoms. The minimum atomic E-state index is 0.0127. The van der Waals surface area contributed by atoms with Gasteiger partial charge in [0.25, 0.3) is 0 Å². The molecule has 0 unspecified atom stereocenters. The van der Waals surface area contributed by atoms with Crippen LogP contribution in [-0.4, -0.2) is 19.0 Å². The maximum Gasteiger partial charge on any atom is 0.220 e. The van der Waals surface area contributed by atoms with Gasteiger partial charge in [0.1, 0.15) is 0 Å². The van der Waals surface area contributed by atoms with Crippen LogP contribution in [0.5, 0.6) is 0 Å². The van der Waals surface area contributed by atoms with E-state index in [0.29, 0.717) is 25.9 Å². The van der Waals surface area contributed by atoms with E-state index in [0.717, 1.165) is 12.8 Å². The van der Waals surface area contributed by atoms with Crippen LogP contribution in [0.2, 0.25) is 0 Å². The first-order valence-corrected chi connectivity index (χ1v) is 4.15. The average molecular weight is 169 g/mol. The third-order valence-electron chi connectivity index (χ3n) is 1.42. The molecule has 0 aliphatic carbocycles. The lowest BCUT2D eigenvalue weighted by Gasteiger charge is -2.00. The Kier molecular flexibility index (Phi) is 7.30. The highest BCUT2D eigenvalue weighted by atomic mass is 16.1. The van der Waals surface area contributed by atoms with E-state index in [9.17, 15) is 4.79 Å². The maximum atomic E-state index is 10.9. The van der Waals surface area contributed by atoms with Crippen molar-refractivity contribution < 1.29 is 4.79 Å². The van der Waals surface area contributed by atoms with Gasteiger partial charge in [-0.05, 0) is 19.4 Å². The van der Waals surface area contributed by atoms with Crippen molar-refractivity contribution in [3.63, 3.8) is 0 Å². The first-order valence-electron chi connectivity index (χ1n) is 4.15.